The molecule has 3 rings (SSSR count). The van der Waals surface area contributed by atoms with Gasteiger partial charge in [0.1, 0.15) is 22.8 Å². The number of carbonyl (C=O) groups excluding carboxylic acids is 1. The second-order valence-electron chi connectivity index (χ2n) is 5.88. The predicted octanol–water partition coefficient (Wildman–Crippen LogP) is 2.78. The van der Waals surface area contributed by atoms with Gasteiger partial charge in [-0.05, 0) is 44.0 Å². The number of furan rings is 1. The van der Waals surface area contributed by atoms with Crippen LogP contribution in [0.4, 0.5) is 0 Å². The number of ether oxygens (including phenoxy) is 1. The van der Waals surface area contributed by atoms with Gasteiger partial charge in [-0.3, -0.25) is 4.79 Å². The summed E-state index contributed by atoms with van der Waals surface area (Å²) in [7, 11) is 1.58. The summed E-state index contributed by atoms with van der Waals surface area (Å²) < 4.78 is 11.4. The van der Waals surface area contributed by atoms with Crippen molar-refractivity contribution in [1.29, 1.82) is 0 Å². The van der Waals surface area contributed by atoms with E-state index >= 15 is 0 Å². The van der Waals surface area contributed by atoms with E-state index in [0.717, 1.165) is 18.4 Å². The van der Waals surface area contributed by atoms with E-state index < -0.39 is 5.97 Å². The lowest BCUT2D eigenvalue weighted by molar-refractivity contribution is 0.0694. The summed E-state index contributed by atoms with van der Waals surface area (Å²) in [6.45, 7) is 1.62. The van der Waals surface area contributed by atoms with Crippen LogP contribution in [-0.4, -0.2) is 30.1 Å². The molecule has 0 bridgehead atoms. The van der Waals surface area contributed by atoms with Crippen LogP contribution in [0.15, 0.2) is 28.7 Å². The maximum absolute atomic E-state index is 11.9. The van der Waals surface area contributed by atoms with Crippen LogP contribution in [0.2, 0.25) is 0 Å². The minimum atomic E-state index is -1.02. The summed E-state index contributed by atoms with van der Waals surface area (Å²) in [5.74, 6) is 0.396. The van der Waals surface area contributed by atoms with E-state index in [9.17, 15) is 9.59 Å². The van der Waals surface area contributed by atoms with Crippen molar-refractivity contribution in [1.82, 2.24) is 5.32 Å². The summed E-state index contributed by atoms with van der Waals surface area (Å²) in [6.07, 6.45) is 2.64. The van der Waals surface area contributed by atoms with Crippen molar-refractivity contribution in [3.8, 4) is 5.75 Å². The van der Waals surface area contributed by atoms with Crippen LogP contribution in [0.1, 0.15) is 50.6 Å². The zero-order chi connectivity index (χ0) is 17.3. The first-order valence-corrected chi connectivity index (χ1v) is 7.82. The maximum Gasteiger partial charge on any atom is 0.339 e. The van der Waals surface area contributed by atoms with Gasteiger partial charge in [0, 0.05) is 24.6 Å². The number of nitrogens with one attached hydrogen (secondary N) is 1. The lowest BCUT2D eigenvalue weighted by atomic mass is 10.0. The zero-order valence-corrected chi connectivity index (χ0v) is 13.6. The van der Waals surface area contributed by atoms with E-state index in [-0.39, 0.29) is 17.6 Å². The highest BCUT2D eigenvalue weighted by Crippen LogP contribution is 2.31. The Bertz CT molecular complexity index is 789. The molecule has 0 aliphatic heterocycles. The van der Waals surface area contributed by atoms with E-state index in [0.29, 0.717) is 29.3 Å². The van der Waals surface area contributed by atoms with Gasteiger partial charge in [0.2, 0.25) is 0 Å². The SMILES string of the molecule is CNC(=O)c1ccc(OC2CC2)c(Cc2cc(C(=O)O)c(C)o2)c1. The van der Waals surface area contributed by atoms with Gasteiger partial charge < -0.3 is 19.6 Å². The number of aryl methyl sites for hydroxylation is 1. The van der Waals surface area contributed by atoms with Crippen molar-refractivity contribution in [2.45, 2.75) is 32.3 Å². The third-order valence-electron chi connectivity index (χ3n) is 3.93. The summed E-state index contributed by atoms with van der Waals surface area (Å²) >= 11 is 0. The van der Waals surface area contributed by atoms with Crippen LogP contribution >= 0.6 is 0 Å². The molecule has 0 unspecified atom stereocenters. The molecule has 1 fully saturated rings. The summed E-state index contributed by atoms with van der Waals surface area (Å²) in [4.78, 5) is 23.0. The highest BCUT2D eigenvalue weighted by Gasteiger charge is 2.25. The molecular formula is C18H19NO5. The summed E-state index contributed by atoms with van der Waals surface area (Å²) in [5, 5.41) is 11.7. The first kappa shape index (κ1) is 16.1. The van der Waals surface area contributed by atoms with Crippen LogP contribution in [0.5, 0.6) is 5.75 Å². The summed E-state index contributed by atoms with van der Waals surface area (Å²) in [6, 6.07) is 6.78. The Balaban J connectivity index is 1.92. The smallest absolute Gasteiger partial charge is 0.339 e. The van der Waals surface area contributed by atoms with Gasteiger partial charge in [-0.25, -0.2) is 4.79 Å². The van der Waals surface area contributed by atoms with E-state index in [4.69, 9.17) is 14.3 Å². The third-order valence-corrected chi connectivity index (χ3v) is 3.93. The van der Waals surface area contributed by atoms with Crippen molar-refractivity contribution in [2.75, 3.05) is 7.05 Å². The van der Waals surface area contributed by atoms with Crippen LogP contribution in [0.25, 0.3) is 0 Å². The van der Waals surface area contributed by atoms with E-state index in [1.54, 1.807) is 32.2 Å². The van der Waals surface area contributed by atoms with Gasteiger partial charge in [0.05, 0.1) is 6.10 Å². The quantitative estimate of drug-likeness (QED) is 0.851. The molecule has 1 aromatic heterocycles. The molecular weight excluding hydrogens is 310 g/mol. The molecule has 0 radical (unpaired) electrons. The average molecular weight is 329 g/mol. The predicted molar refractivity (Wildman–Crippen MR) is 86.7 cm³/mol. The molecule has 1 aliphatic carbocycles. The van der Waals surface area contributed by atoms with Gasteiger partial charge in [0.25, 0.3) is 5.91 Å². The topological polar surface area (TPSA) is 88.8 Å². The van der Waals surface area contributed by atoms with E-state index in [1.165, 1.54) is 6.07 Å². The van der Waals surface area contributed by atoms with Crippen molar-refractivity contribution >= 4 is 11.9 Å². The van der Waals surface area contributed by atoms with Crippen LogP contribution in [0, 0.1) is 6.92 Å². The largest absolute Gasteiger partial charge is 0.490 e. The highest BCUT2D eigenvalue weighted by atomic mass is 16.5. The molecule has 1 saturated carbocycles. The van der Waals surface area contributed by atoms with E-state index in [1.807, 2.05) is 0 Å². The molecule has 2 aromatic rings. The Kier molecular flexibility index (Phi) is 4.29. The van der Waals surface area contributed by atoms with Crippen molar-refractivity contribution < 1.29 is 23.8 Å². The standard InChI is InChI=1S/C18H19NO5/c1-10-15(18(21)22)9-14(23-10)8-12-7-11(17(20)19-2)3-6-16(12)24-13-4-5-13/h3,6-7,9,13H,4-5,8H2,1-2H3,(H,19,20)(H,21,22). The molecule has 24 heavy (non-hydrogen) atoms. The number of hydrogen-bond acceptors (Lipinski definition) is 4. The van der Waals surface area contributed by atoms with Gasteiger partial charge in [-0.15, -0.1) is 0 Å². The Morgan fingerprint density at radius 2 is 2.08 bits per heavy atom. The van der Waals surface area contributed by atoms with Crippen molar-refractivity contribution in [2.24, 2.45) is 0 Å². The second kappa shape index (κ2) is 6.39. The Labute approximate surface area is 139 Å². The lowest BCUT2D eigenvalue weighted by Crippen LogP contribution is -2.18. The minimum Gasteiger partial charge on any atom is -0.490 e. The van der Waals surface area contributed by atoms with Crippen molar-refractivity contribution in [3.63, 3.8) is 0 Å². The number of carboxylic acid groups (broad SMARTS) is 1. The number of carboxylic acids is 1. The van der Waals surface area contributed by atoms with E-state index in [2.05, 4.69) is 5.32 Å². The fraction of sp³-hybridized carbons (Fsp3) is 0.333. The third kappa shape index (κ3) is 3.42. The normalized spacial score (nSPS) is 13.6. The van der Waals surface area contributed by atoms with Crippen LogP contribution < -0.4 is 10.1 Å². The highest BCUT2D eigenvalue weighted by molar-refractivity contribution is 5.94. The number of aromatic carboxylic acids is 1. The van der Waals surface area contributed by atoms with Gasteiger partial charge in [-0.2, -0.15) is 0 Å². The number of amides is 1. The number of hydrogen-bond donors (Lipinski definition) is 2. The number of benzene rings is 1. The minimum absolute atomic E-state index is 0.150. The fourth-order valence-corrected chi connectivity index (χ4v) is 2.51. The van der Waals surface area contributed by atoms with Crippen LogP contribution in [-0.2, 0) is 6.42 Å². The molecule has 6 heteroatoms. The molecule has 0 atom stereocenters. The Morgan fingerprint density at radius 3 is 2.67 bits per heavy atom. The molecule has 6 nitrogen and oxygen atoms in total. The molecule has 1 aliphatic rings. The molecule has 0 spiro atoms. The Morgan fingerprint density at radius 1 is 1.33 bits per heavy atom. The number of rotatable bonds is 6. The lowest BCUT2D eigenvalue weighted by Gasteiger charge is -2.12. The Hall–Kier alpha value is -2.76. The fourth-order valence-electron chi connectivity index (χ4n) is 2.51. The maximum atomic E-state index is 11.9. The monoisotopic (exact) mass is 329 g/mol. The molecule has 1 heterocycles. The van der Waals surface area contributed by atoms with Crippen LogP contribution in [0.3, 0.4) is 0 Å². The molecule has 2 N–H and O–H groups in total. The second-order valence-corrected chi connectivity index (χ2v) is 5.88. The molecule has 1 aromatic carbocycles. The average Bonchev–Trinajstić information content (AvgIpc) is 3.29. The molecule has 0 saturated heterocycles. The molecule has 1 amide bonds. The summed E-state index contributed by atoms with van der Waals surface area (Å²) in [5.41, 5.74) is 1.48. The zero-order valence-electron chi connectivity index (χ0n) is 13.6. The first-order chi connectivity index (χ1) is 11.5. The number of carbonyl (C=O) groups is 2. The molecule has 126 valence electrons. The van der Waals surface area contributed by atoms with Gasteiger partial charge >= 0.3 is 5.97 Å². The van der Waals surface area contributed by atoms with Gasteiger partial charge in [0.15, 0.2) is 0 Å². The van der Waals surface area contributed by atoms with Gasteiger partial charge in [-0.1, -0.05) is 0 Å². The van der Waals surface area contributed by atoms with Crippen molar-refractivity contribution in [3.05, 3.63) is 52.5 Å². The first-order valence-electron chi connectivity index (χ1n) is 7.82.